The van der Waals surface area contributed by atoms with Gasteiger partial charge < -0.3 is 10.1 Å². The van der Waals surface area contributed by atoms with Gasteiger partial charge in [-0.15, -0.1) is 0 Å². The maximum absolute atomic E-state index is 5.86. The zero-order valence-corrected chi connectivity index (χ0v) is 10.4. The highest BCUT2D eigenvalue weighted by Gasteiger charge is 2.26. The molecule has 0 aromatic heterocycles. The standard InChI is InChI=1S/C14H21NO/c1-11-4-6-12(7-5-11)8-13-9-15-14(2,3)10-16-13/h4-7,13,15H,8-10H2,1-3H3. The first-order valence-corrected chi connectivity index (χ1v) is 5.97. The van der Waals surface area contributed by atoms with Gasteiger partial charge in [-0.1, -0.05) is 29.8 Å². The third kappa shape index (κ3) is 3.06. The van der Waals surface area contributed by atoms with Gasteiger partial charge in [0, 0.05) is 12.1 Å². The van der Waals surface area contributed by atoms with Crippen molar-refractivity contribution in [3.8, 4) is 0 Å². The number of hydrogen-bond donors (Lipinski definition) is 1. The van der Waals surface area contributed by atoms with Gasteiger partial charge in [0.05, 0.1) is 12.7 Å². The van der Waals surface area contributed by atoms with Crippen LogP contribution in [0, 0.1) is 6.92 Å². The van der Waals surface area contributed by atoms with Crippen molar-refractivity contribution >= 4 is 0 Å². The summed E-state index contributed by atoms with van der Waals surface area (Å²) in [6.45, 7) is 8.21. The Morgan fingerprint density at radius 3 is 2.56 bits per heavy atom. The number of nitrogens with one attached hydrogen (secondary N) is 1. The molecule has 0 saturated carbocycles. The first kappa shape index (κ1) is 11.6. The van der Waals surface area contributed by atoms with Gasteiger partial charge in [0.15, 0.2) is 0 Å². The molecule has 1 unspecified atom stereocenters. The highest BCUT2D eigenvalue weighted by atomic mass is 16.5. The zero-order valence-electron chi connectivity index (χ0n) is 10.4. The van der Waals surface area contributed by atoms with Crippen LogP contribution in [0.1, 0.15) is 25.0 Å². The van der Waals surface area contributed by atoms with E-state index >= 15 is 0 Å². The molecule has 1 fully saturated rings. The molecule has 1 atom stereocenters. The minimum Gasteiger partial charge on any atom is -0.375 e. The third-order valence-corrected chi connectivity index (χ3v) is 3.07. The Morgan fingerprint density at radius 1 is 1.31 bits per heavy atom. The molecule has 0 bridgehead atoms. The molecule has 1 N–H and O–H groups in total. The maximum Gasteiger partial charge on any atom is 0.0740 e. The van der Waals surface area contributed by atoms with Gasteiger partial charge in [-0.2, -0.15) is 0 Å². The van der Waals surface area contributed by atoms with Crippen LogP contribution in [0.5, 0.6) is 0 Å². The molecule has 0 amide bonds. The second-order valence-corrected chi connectivity index (χ2v) is 5.39. The molecule has 1 heterocycles. The van der Waals surface area contributed by atoms with Crippen molar-refractivity contribution in [2.45, 2.75) is 38.8 Å². The molecular formula is C14H21NO. The largest absolute Gasteiger partial charge is 0.375 e. The number of hydrogen-bond acceptors (Lipinski definition) is 2. The number of aryl methyl sites for hydroxylation is 1. The van der Waals surface area contributed by atoms with Crippen molar-refractivity contribution in [2.24, 2.45) is 0 Å². The Morgan fingerprint density at radius 2 is 2.00 bits per heavy atom. The number of morpholine rings is 1. The first-order valence-electron chi connectivity index (χ1n) is 5.97. The lowest BCUT2D eigenvalue weighted by atomic mass is 10.0. The van der Waals surface area contributed by atoms with Crippen LogP contribution in [-0.2, 0) is 11.2 Å². The summed E-state index contributed by atoms with van der Waals surface area (Å²) in [6.07, 6.45) is 1.32. The van der Waals surface area contributed by atoms with E-state index in [2.05, 4.69) is 50.4 Å². The van der Waals surface area contributed by atoms with Crippen LogP contribution in [0.3, 0.4) is 0 Å². The van der Waals surface area contributed by atoms with Crippen molar-refractivity contribution in [3.63, 3.8) is 0 Å². The monoisotopic (exact) mass is 219 g/mol. The highest BCUT2D eigenvalue weighted by Crippen LogP contribution is 2.15. The maximum atomic E-state index is 5.86. The van der Waals surface area contributed by atoms with E-state index in [-0.39, 0.29) is 5.54 Å². The minimum atomic E-state index is 0.129. The molecule has 0 spiro atoms. The van der Waals surface area contributed by atoms with Gasteiger partial charge in [0.1, 0.15) is 0 Å². The normalized spacial score (nSPS) is 24.3. The highest BCUT2D eigenvalue weighted by molar-refractivity contribution is 5.22. The fraction of sp³-hybridized carbons (Fsp3) is 0.571. The second-order valence-electron chi connectivity index (χ2n) is 5.39. The van der Waals surface area contributed by atoms with E-state index in [0.717, 1.165) is 19.6 Å². The lowest BCUT2D eigenvalue weighted by Gasteiger charge is -2.36. The predicted molar refractivity (Wildman–Crippen MR) is 66.7 cm³/mol. The number of benzene rings is 1. The summed E-state index contributed by atoms with van der Waals surface area (Å²) in [6, 6.07) is 8.71. The van der Waals surface area contributed by atoms with Gasteiger partial charge in [-0.3, -0.25) is 0 Å². The third-order valence-electron chi connectivity index (χ3n) is 3.07. The van der Waals surface area contributed by atoms with Gasteiger partial charge >= 0.3 is 0 Å². The fourth-order valence-electron chi connectivity index (χ4n) is 1.94. The Hall–Kier alpha value is -0.860. The van der Waals surface area contributed by atoms with Crippen LogP contribution in [-0.4, -0.2) is 24.8 Å². The minimum absolute atomic E-state index is 0.129. The Kier molecular flexibility index (Phi) is 3.31. The molecule has 0 aliphatic carbocycles. The van der Waals surface area contributed by atoms with Crippen LogP contribution < -0.4 is 5.32 Å². The second kappa shape index (κ2) is 4.56. The summed E-state index contributed by atoms with van der Waals surface area (Å²) >= 11 is 0. The number of ether oxygens (including phenoxy) is 1. The van der Waals surface area contributed by atoms with Crippen LogP contribution in [0.25, 0.3) is 0 Å². The average molecular weight is 219 g/mol. The smallest absolute Gasteiger partial charge is 0.0740 e. The van der Waals surface area contributed by atoms with E-state index in [1.807, 2.05) is 0 Å². The molecule has 2 rings (SSSR count). The van der Waals surface area contributed by atoms with Crippen molar-refractivity contribution in [1.29, 1.82) is 0 Å². The fourth-order valence-corrected chi connectivity index (χ4v) is 1.94. The van der Waals surface area contributed by atoms with Gasteiger partial charge in [0.2, 0.25) is 0 Å². The van der Waals surface area contributed by atoms with E-state index in [1.165, 1.54) is 11.1 Å². The van der Waals surface area contributed by atoms with Crippen molar-refractivity contribution in [2.75, 3.05) is 13.2 Å². The average Bonchev–Trinajstić information content (AvgIpc) is 2.24. The van der Waals surface area contributed by atoms with Crippen molar-refractivity contribution in [1.82, 2.24) is 5.32 Å². The van der Waals surface area contributed by atoms with Crippen LogP contribution in [0.2, 0.25) is 0 Å². The summed E-state index contributed by atoms with van der Waals surface area (Å²) in [5.74, 6) is 0. The Bertz CT molecular complexity index is 332. The SMILES string of the molecule is Cc1ccc(CC2CNC(C)(C)CO2)cc1. The molecule has 1 aliphatic heterocycles. The van der Waals surface area contributed by atoms with Crippen LogP contribution >= 0.6 is 0 Å². The summed E-state index contributed by atoms with van der Waals surface area (Å²) in [5.41, 5.74) is 2.80. The van der Waals surface area contributed by atoms with E-state index in [4.69, 9.17) is 4.74 Å². The zero-order chi connectivity index (χ0) is 11.6. The van der Waals surface area contributed by atoms with Gasteiger partial charge in [-0.25, -0.2) is 0 Å². The molecule has 1 aliphatic rings. The van der Waals surface area contributed by atoms with E-state index < -0.39 is 0 Å². The van der Waals surface area contributed by atoms with Crippen LogP contribution in [0.15, 0.2) is 24.3 Å². The Labute approximate surface area is 98.0 Å². The first-order chi connectivity index (χ1) is 7.55. The quantitative estimate of drug-likeness (QED) is 0.824. The summed E-state index contributed by atoms with van der Waals surface area (Å²) < 4.78 is 5.86. The molecule has 2 heteroatoms. The topological polar surface area (TPSA) is 21.3 Å². The molecule has 1 aromatic carbocycles. The molecule has 1 saturated heterocycles. The van der Waals surface area contributed by atoms with Crippen LogP contribution in [0.4, 0.5) is 0 Å². The summed E-state index contributed by atoms with van der Waals surface area (Å²) in [7, 11) is 0. The predicted octanol–water partition coefficient (Wildman–Crippen LogP) is 2.30. The molecular weight excluding hydrogens is 198 g/mol. The molecule has 1 aromatic rings. The van der Waals surface area contributed by atoms with E-state index in [0.29, 0.717) is 6.10 Å². The van der Waals surface area contributed by atoms with Gasteiger partial charge in [0.25, 0.3) is 0 Å². The number of rotatable bonds is 2. The lowest BCUT2D eigenvalue weighted by Crippen LogP contribution is -2.53. The molecule has 88 valence electrons. The summed E-state index contributed by atoms with van der Waals surface area (Å²) in [4.78, 5) is 0. The Balaban J connectivity index is 1.89. The molecule has 0 radical (unpaired) electrons. The summed E-state index contributed by atoms with van der Waals surface area (Å²) in [5, 5.41) is 3.52. The molecule has 16 heavy (non-hydrogen) atoms. The van der Waals surface area contributed by atoms with Gasteiger partial charge in [-0.05, 0) is 32.8 Å². The van der Waals surface area contributed by atoms with E-state index in [1.54, 1.807) is 0 Å². The van der Waals surface area contributed by atoms with E-state index in [9.17, 15) is 0 Å². The van der Waals surface area contributed by atoms with Crippen molar-refractivity contribution < 1.29 is 4.74 Å². The lowest BCUT2D eigenvalue weighted by molar-refractivity contribution is -0.0206. The van der Waals surface area contributed by atoms with Crippen molar-refractivity contribution in [3.05, 3.63) is 35.4 Å². The molecule has 2 nitrogen and oxygen atoms in total.